The van der Waals surface area contributed by atoms with Crippen LogP contribution in [0, 0.1) is 0 Å². The zero-order chi connectivity index (χ0) is 18.3. The zero-order valence-electron chi connectivity index (χ0n) is 13.3. The van der Waals surface area contributed by atoms with Crippen LogP contribution in [0.2, 0.25) is 15.1 Å². The van der Waals surface area contributed by atoms with Gasteiger partial charge in [0.15, 0.2) is 0 Å². The summed E-state index contributed by atoms with van der Waals surface area (Å²) in [5, 5.41) is 2.14. The van der Waals surface area contributed by atoms with Gasteiger partial charge in [-0.3, -0.25) is 14.3 Å². The van der Waals surface area contributed by atoms with E-state index < -0.39 is 0 Å². The lowest BCUT2D eigenvalue weighted by Crippen LogP contribution is -2.18. The lowest BCUT2D eigenvalue weighted by atomic mass is 10.1. The third-order valence-corrected chi connectivity index (χ3v) is 5.05. The van der Waals surface area contributed by atoms with Crippen LogP contribution in [0.3, 0.4) is 0 Å². The van der Waals surface area contributed by atoms with Gasteiger partial charge in [0.05, 0.1) is 26.9 Å². The molecule has 3 nitrogen and oxygen atoms in total. The second-order valence-corrected chi connectivity index (χ2v) is 6.87. The summed E-state index contributed by atoms with van der Waals surface area (Å²) in [7, 11) is 0. The maximum atomic E-state index is 12.7. The van der Waals surface area contributed by atoms with Crippen LogP contribution in [0.25, 0.3) is 27.8 Å². The van der Waals surface area contributed by atoms with Gasteiger partial charge in [-0.05, 0) is 30.3 Å². The van der Waals surface area contributed by atoms with Crippen molar-refractivity contribution >= 4 is 45.7 Å². The van der Waals surface area contributed by atoms with Gasteiger partial charge in [0, 0.05) is 28.2 Å². The van der Waals surface area contributed by atoms with E-state index in [1.54, 1.807) is 42.6 Å². The Morgan fingerprint density at radius 1 is 0.769 bits per heavy atom. The van der Waals surface area contributed by atoms with Crippen molar-refractivity contribution < 1.29 is 0 Å². The smallest absolute Gasteiger partial charge is 0.255 e. The minimum atomic E-state index is -0.233. The van der Waals surface area contributed by atoms with Gasteiger partial charge in [-0.2, -0.15) is 0 Å². The van der Waals surface area contributed by atoms with Gasteiger partial charge in [-0.25, -0.2) is 0 Å². The first-order valence-electron chi connectivity index (χ1n) is 7.78. The number of rotatable bonds is 2. The number of nitrogens with zero attached hydrogens (tertiary/aromatic N) is 2. The number of pyridine rings is 2. The minimum Gasteiger partial charge on any atom is -0.274 e. The Morgan fingerprint density at radius 3 is 2.19 bits per heavy atom. The lowest BCUT2D eigenvalue weighted by Gasteiger charge is -2.15. The Kier molecular flexibility index (Phi) is 4.45. The Hall–Kier alpha value is -2.33. The van der Waals surface area contributed by atoms with Crippen molar-refractivity contribution in [3.8, 4) is 16.9 Å². The molecular formula is C20H11Cl3N2O. The first-order chi connectivity index (χ1) is 12.6. The number of para-hydroxylation sites is 1. The van der Waals surface area contributed by atoms with E-state index in [-0.39, 0.29) is 5.56 Å². The molecule has 0 fully saturated rings. The van der Waals surface area contributed by atoms with Crippen LogP contribution in [0.4, 0.5) is 0 Å². The predicted molar refractivity (Wildman–Crippen MR) is 108 cm³/mol. The maximum absolute atomic E-state index is 12.7. The molecule has 0 atom stereocenters. The summed E-state index contributed by atoms with van der Waals surface area (Å²) in [6.07, 6.45) is 1.64. The Balaban J connectivity index is 2.12. The largest absolute Gasteiger partial charge is 0.274 e. The van der Waals surface area contributed by atoms with Gasteiger partial charge in [-0.15, -0.1) is 0 Å². The molecular weight excluding hydrogens is 391 g/mol. The molecule has 6 heteroatoms. The molecule has 0 aliphatic heterocycles. The number of halogens is 3. The van der Waals surface area contributed by atoms with Gasteiger partial charge in [0.1, 0.15) is 0 Å². The first-order valence-corrected chi connectivity index (χ1v) is 8.91. The predicted octanol–water partition coefficient (Wildman–Crippen LogP) is 6.01. The molecule has 4 aromatic rings. The number of aromatic nitrogens is 2. The topological polar surface area (TPSA) is 34.9 Å². The number of hydrogen-bond donors (Lipinski definition) is 0. The highest BCUT2D eigenvalue weighted by atomic mass is 35.5. The first kappa shape index (κ1) is 17.1. The standard InChI is InChI=1S/C20H11Cl3N2O/c21-14-5-2-1-4-12(14)19-13-8-9-18(26)25(17(13)10-11-24-19)20-15(22)6-3-7-16(20)23/h1-11H. The second-order valence-electron chi connectivity index (χ2n) is 5.65. The monoisotopic (exact) mass is 400 g/mol. The third kappa shape index (κ3) is 2.78. The van der Waals surface area contributed by atoms with Crippen molar-refractivity contribution in [3.63, 3.8) is 0 Å². The van der Waals surface area contributed by atoms with Crippen LogP contribution in [0.15, 0.2) is 71.7 Å². The van der Waals surface area contributed by atoms with Crippen LogP contribution < -0.4 is 5.56 Å². The molecule has 2 heterocycles. The number of hydrogen-bond acceptors (Lipinski definition) is 2. The molecule has 4 rings (SSSR count). The third-order valence-electron chi connectivity index (χ3n) is 4.11. The quantitative estimate of drug-likeness (QED) is 0.412. The van der Waals surface area contributed by atoms with Crippen molar-refractivity contribution in [3.05, 3.63) is 92.3 Å². The van der Waals surface area contributed by atoms with Crippen molar-refractivity contribution in [1.29, 1.82) is 0 Å². The maximum Gasteiger partial charge on any atom is 0.255 e. The molecule has 0 N–H and O–H groups in total. The number of fused-ring (bicyclic) bond motifs is 1. The van der Waals surface area contributed by atoms with E-state index in [1.807, 2.05) is 18.2 Å². The van der Waals surface area contributed by atoms with Gasteiger partial charge in [0.25, 0.3) is 5.56 Å². The molecule has 0 amide bonds. The van der Waals surface area contributed by atoms with Gasteiger partial charge >= 0.3 is 0 Å². The average Bonchev–Trinajstić information content (AvgIpc) is 2.63. The van der Waals surface area contributed by atoms with E-state index in [0.717, 1.165) is 10.9 Å². The van der Waals surface area contributed by atoms with Crippen LogP contribution in [-0.2, 0) is 0 Å². The van der Waals surface area contributed by atoms with Crippen LogP contribution in [0.5, 0.6) is 0 Å². The summed E-state index contributed by atoms with van der Waals surface area (Å²) in [5.41, 5.74) is 2.34. The van der Waals surface area contributed by atoms with Gasteiger partial charge < -0.3 is 0 Å². The summed E-state index contributed by atoms with van der Waals surface area (Å²) in [4.78, 5) is 17.1. The summed E-state index contributed by atoms with van der Waals surface area (Å²) in [6, 6.07) is 17.6. The molecule has 0 bridgehead atoms. The molecule has 2 aromatic carbocycles. The normalized spacial score (nSPS) is 11.0. The summed E-state index contributed by atoms with van der Waals surface area (Å²) >= 11 is 19.0. The molecule has 0 aliphatic carbocycles. The fraction of sp³-hybridized carbons (Fsp3) is 0. The average molecular weight is 402 g/mol. The highest BCUT2D eigenvalue weighted by Gasteiger charge is 2.16. The molecule has 0 saturated carbocycles. The fourth-order valence-corrected chi connectivity index (χ4v) is 3.76. The zero-order valence-corrected chi connectivity index (χ0v) is 15.6. The molecule has 26 heavy (non-hydrogen) atoms. The molecule has 0 spiro atoms. The number of benzene rings is 2. The summed E-state index contributed by atoms with van der Waals surface area (Å²) in [5.74, 6) is 0. The molecule has 0 saturated heterocycles. The highest BCUT2D eigenvalue weighted by Crippen LogP contribution is 2.34. The van der Waals surface area contributed by atoms with E-state index in [1.165, 1.54) is 10.6 Å². The fourth-order valence-electron chi connectivity index (χ4n) is 2.97. The van der Waals surface area contributed by atoms with Crippen LogP contribution >= 0.6 is 34.8 Å². The SMILES string of the molecule is O=c1ccc2c(-c3ccccc3Cl)nccc2n1-c1c(Cl)cccc1Cl. The lowest BCUT2D eigenvalue weighted by molar-refractivity contribution is 1.04. The molecule has 2 aromatic heterocycles. The van der Waals surface area contributed by atoms with E-state index in [9.17, 15) is 4.79 Å². The van der Waals surface area contributed by atoms with Crippen molar-refractivity contribution in [1.82, 2.24) is 9.55 Å². The summed E-state index contributed by atoms with van der Waals surface area (Å²) < 4.78 is 1.50. The molecule has 0 aliphatic rings. The van der Waals surface area contributed by atoms with E-state index >= 15 is 0 Å². The van der Waals surface area contributed by atoms with Crippen LogP contribution in [-0.4, -0.2) is 9.55 Å². The Morgan fingerprint density at radius 2 is 1.46 bits per heavy atom. The Labute approximate surface area is 164 Å². The highest BCUT2D eigenvalue weighted by molar-refractivity contribution is 6.38. The van der Waals surface area contributed by atoms with Crippen molar-refractivity contribution in [2.45, 2.75) is 0 Å². The van der Waals surface area contributed by atoms with Gasteiger partial charge in [-0.1, -0.05) is 59.1 Å². The molecule has 0 unspecified atom stereocenters. The molecule has 0 radical (unpaired) electrons. The van der Waals surface area contributed by atoms with Gasteiger partial charge in [0.2, 0.25) is 0 Å². The molecule has 128 valence electrons. The van der Waals surface area contributed by atoms with E-state index in [0.29, 0.717) is 32.0 Å². The second kappa shape index (κ2) is 6.76. The minimum absolute atomic E-state index is 0.233. The summed E-state index contributed by atoms with van der Waals surface area (Å²) in [6.45, 7) is 0. The van der Waals surface area contributed by atoms with Crippen LogP contribution in [0.1, 0.15) is 0 Å². The van der Waals surface area contributed by atoms with Crippen molar-refractivity contribution in [2.24, 2.45) is 0 Å². The Bertz CT molecular complexity index is 1180. The van der Waals surface area contributed by atoms with E-state index in [2.05, 4.69) is 4.98 Å². The van der Waals surface area contributed by atoms with E-state index in [4.69, 9.17) is 34.8 Å². The van der Waals surface area contributed by atoms with Crippen molar-refractivity contribution in [2.75, 3.05) is 0 Å².